The number of halogens is 1. The zero-order valence-electron chi connectivity index (χ0n) is 14.3. The van der Waals surface area contributed by atoms with E-state index in [2.05, 4.69) is 0 Å². The van der Waals surface area contributed by atoms with Crippen molar-refractivity contribution in [3.63, 3.8) is 0 Å². The number of carbonyl (C=O) groups excluding carboxylic acids is 1. The topological polar surface area (TPSA) is 25.2 Å². The maximum atomic E-state index is 14.7. The molecule has 1 amide bonds. The van der Waals surface area contributed by atoms with E-state index >= 15 is 0 Å². The molecule has 0 aliphatic carbocycles. The van der Waals surface area contributed by atoms with Gasteiger partial charge in [-0.3, -0.25) is 4.79 Å². The van der Waals surface area contributed by atoms with E-state index in [-0.39, 0.29) is 11.7 Å². The highest BCUT2D eigenvalue weighted by molar-refractivity contribution is 6.02. The maximum Gasteiger partial charge on any atom is 0.270 e. The fourth-order valence-electron chi connectivity index (χ4n) is 3.79. The Balaban J connectivity index is 1.99. The lowest BCUT2D eigenvalue weighted by Gasteiger charge is -2.22. The molecule has 1 aliphatic heterocycles. The van der Waals surface area contributed by atoms with Crippen LogP contribution in [0.25, 0.3) is 10.9 Å². The summed E-state index contributed by atoms with van der Waals surface area (Å²) in [4.78, 5) is 14.8. The molecule has 0 unspecified atom stereocenters. The Labute approximate surface area is 146 Å². The van der Waals surface area contributed by atoms with Crippen LogP contribution in [0.1, 0.15) is 34.5 Å². The minimum absolute atomic E-state index is 0.0127. The molecule has 0 N–H and O–H groups in total. The SMILES string of the molecule is CN1CCCCc2c(n(Cc3ccccc3)c3c(F)cccc23)C1=O. The summed E-state index contributed by atoms with van der Waals surface area (Å²) in [5, 5.41) is 0.870. The van der Waals surface area contributed by atoms with Gasteiger partial charge >= 0.3 is 0 Å². The summed E-state index contributed by atoms with van der Waals surface area (Å²) in [6.07, 6.45) is 2.80. The number of benzene rings is 2. The first-order valence-electron chi connectivity index (χ1n) is 8.76. The lowest BCUT2D eigenvalue weighted by atomic mass is 10.0. The lowest BCUT2D eigenvalue weighted by Crippen LogP contribution is -2.32. The smallest absolute Gasteiger partial charge is 0.270 e. The van der Waals surface area contributed by atoms with Crippen molar-refractivity contribution in [2.75, 3.05) is 13.6 Å². The quantitative estimate of drug-likeness (QED) is 0.687. The van der Waals surface area contributed by atoms with Crippen molar-refractivity contribution in [3.8, 4) is 0 Å². The molecule has 2 aromatic carbocycles. The molecule has 3 aromatic rings. The van der Waals surface area contributed by atoms with Crippen LogP contribution in [0.5, 0.6) is 0 Å². The molecule has 1 aliphatic rings. The van der Waals surface area contributed by atoms with E-state index in [0.29, 0.717) is 17.8 Å². The van der Waals surface area contributed by atoms with Crippen LogP contribution in [0.3, 0.4) is 0 Å². The molecule has 4 heteroatoms. The molecule has 0 spiro atoms. The molecular formula is C21H21FN2O. The van der Waals surface area contributed by atoms with Crippen molar-refractivity contribution < 1.29 is 9.18 Å². The molecule has 0 fully saturated rings. The standard InChI is InChI=1S/C21H21FN2O/c1-23-13-6-5-10-17-16-11-7-12-18(22)19(16)24(20(17)21(23)25)14-15-8-3-2-4-9-15/h2-4,7-9,11-12H,5-6,10,13-14H2,1H3. The Hall–Kier alpha value is -2.62. The number of hydrogen-bond acceptors (Lipinski definition) is 1. The van der Waals surface area contributed by atoms with Crippen LogP contribution in [-0.2, 0) is 13.0 Å². The van der Waals surface area contributed by atoms with Gasteiger partial charge in [0.2, 0.25) is 0 Å². The number of carbonyl (C=O) groups is 1. The minimum Gasteiger partial charge on any atom is -0.340 e. The van der Waals surface area contributed by atoms with E-state index in [1.807, 2.05) is 48.0 Å². The molecule has 4 rings (SSSR count). The maximum absolute atomic E-state index is 14.7. The van der Waals surface area contributed by atoms with Gasteiger partial charge in [0.15, 0.2) is 0 Å². The van der Waals surface area contributed by atoms with Gasteiger partial charge in [0, 0.05) is 25.5 Å². The Kier molecular flexibility index (Phi) is 4.04. The van der Waals surface area contributed by atoms with Crippen LogP contribution < -0.4 is 0 Å². The average molecular weight is 336 g/mol. The highest BCUT2D eigenvalue weighted by Crippen LogP contribution is 2.32. The Bertz CT molecular complexity index is 930. The van der Waals surface area contributed by atoms with Gasteiger partial charge in [-0.25, -0.2) is 4.39 Å². The third-order valence-corrected chi connectivity index (χ3v) is 5.04. The van der Waals surface area contributed by atoms with Crippen molar-refractivity contribution in [1.82, 2.24) is 9.47 Å². The number of amides is 1. The van der Waals surface area contributed by atoms with Crippen molar-refractivity contribution in [2.24, 2.45) is 0 Å². The number of aryl methyl sites for hydroxylation is 1. The molecule has 0 atom stereocenters. The van der Waals surface area contributed by atoms with Crippen molar-refractivity contribution in [1.29, 1.82) is 0 Å². The Morgan fingerprint density at radius 3 is 2.64 bits per heavy atom. The van der Waals surface area contributed by atoms with Crippen LogP contribution in [0, 0.1) is 5.82 Å². The number of nitrogens with zero attached hydrogens (tertiary/aromatic N) is 2. The van der Waals surface area contributed by atoms with E-state index in [1.165, 1.54) is 6.07 Å². The van der Waals surface area contributed by atoms with E-state index in [9.17, 15) is 9.18 Å². The first-order chi connectivity index (χ1) is 12.2. The number of fused-ring (bicyclic) bond motifs is 3. The second-order valence-corrected chi connectivity index (χ2v) is 6.72. The molecule has 2 heterocycles. The summed E-state index contributed by atoms with van der Waals surface area (Å²) in [5.41, 5.74) is 3.23. The molecule has 0 radical (unpaired) electrons. The predicted molar refractivity (Wildman–Crippen MR) is 97.3 cm³/mol. The highest BCUT2D eigenvalue weighted by Gasteiger charge is 2.27. The highest BCUT2D eigenvalue weighted by atomic mass is 19.1. The number of aromatic nitrogens is 1. The molecule has 128 valence electrons. The summed E-state index contributed by atoms with van der Waals surface area (Å²) >= 11 is 0. The van der Waals surface area contributed by atoms with Gasteiger partial charge in [-0.1, -0.05) is 42.5 Å². The number of rotatable bonds is 2. The van der Waals surface area contributed by atoms with Crippen LogP contribution in [-0.4, -0.2) is 29.0 Å². The van der Waals surface area contributed by atoms with Crippen LogP contribution in [0.15, 0.2) is 48.5 Å². The van der Waals surface area contributed by atoms with Crippen LogP contribution >= 0.6 is 0 Å². The summed E-state index contributed by atoms with van der Waals surface area (Å²) in [5.74, 6) is -0.281. The van der Waals surface area contributed by atoms with Gasteiger partial charge in [0.05, 0.1) is 5.52 Å². The molecule has 0 saturated heterocycles. The van der Waals surface area contributed by atoms with Crippen LogP contribution in [0.2, 0.25) is 0 Å². The van der Waals surface area contributed by atoms with Gasteiger partial charge in [-0.15, -0.1) is 0 Å². The monoisotopic (exact) mass is 336 g/mol. The van der Waals surface area contributed by atoms with E-state index in [1.54, 1.807) is 11.0 Å². The van der Waals surface area contributed by atoms with Gasteiger partial charge in [0.25, 0.3) is 5.91 Å². The zero-order valence-corrected chi connectivity index (χ0v) is 14.3. The summed E-state index contributed by atoms with van der Waals surface area (Å²) in [6.45, 7) is 1.24. The van der Waals surface area contributed by atoms with Crippen molar-refractivity contribution in [2.45, 2.75) is 25.8 Å². The Morgan fingerprint density at radius 1 is 1.04 bits per heavy atom. The Morgan fingerprint density at radius 2 is 1.84 bits per heavy atom. The summed E-state index contributed by atoms with van der Waals surface area (Å²) in [6, 6.07) is 15.1. The molecule has 1 aromatic heterocycles. The molecule has 0 bridgehead atoms. The van der Waals surface area contributed by atoms with Crippen molar-refractivity contribution >= 4 is 16.8 Å². The average Bonchev–Trinajstić information content (AvgIpc) is 2.92. The zero-order chi connectivity index (χ0) is 17.4. The molecule has 25 heavy (non-hydrogen) atoms. The van der Waals surface area contributed by atoms with Crippen LogP contribution in [0.4, 0.5) is 4.39 Å². The van der Waals surface area contributed by atoms with Gasteiger partial charge in [-0.2, -0.15) is 0 Å². The second-order valence-electron chi connectivity index (χ2n) is 6.72. The normalized spacial score (nSPS) is 15.1. The fraction of sp³-hybridized carbons (Fsp3) is 0.286. The summed E-state index contributed by atoms with van der Waals surface area (Å²) in [7, 11) is 1.83. The number of para-hydroxylation sites is 1. The van der Waals surface area contributed by atoms with Gasteiger partial charge < -0.3 is 9.47 Å². The van der Waals surface area contributed by atoms with Gasteiger partial charge in [-0.05, 0) is 36.5 Å². The predicted octanol–water partition coefficient (Wildman–Crippen LogP) is 4.24. The van der Waals surface area contributed by atoms with E-state index in [4.69, 9.17) is 0 Å². The number of hydrogen-bond donors (Lipinski definition) is 0. The summed E-state index contributed by atoms with van der Waals surface area (Å²) < 4.78 is 16.6. The first kappa shape index (κ1) is 15.9. The first-order valence-corrected chi connectivity index (χ1v) is 8.76. The van der Waals surface area contributed by atoms with E-state index < -0.39 is 0 Å². The second kappa shape index (κ2) is 6.36. The lowest BCUT2D eigenvalue weighted by molar-refractivity contribution is 0.0777. The minimum atomic E-state index is -0.268. The van der Waals surface area contributed by atoms with Gasteiger partial charge in [0.1, 0.15) is 11.5 Å². The third kappa shape index (κ3) is 2.72. The molecule has 3 nitrogen and oxygen atoms in total. The van der Waals surface area contributed by atoms with Crippen molar-refractivity contribution in [3.05, 3.63) is 71.2 Å². The fourth-order valence-corrected chi connectivity index (χ4v) is 3.79. The molecule has 0 saturated carbocycles. The van der Waals surface area contributed by atoms with E-state index in [0.717, 1.165) is 42.3 Å². The third-order valence-electron chi connectivity index (χ3n) is 5.04. The molecular weight excluding hydrogens is 315 g/mol. The largest absolute Gasteiger partial charge is 0.340 e.